The van der Waals surface area contributed by atoms with Crippen LogP contribution < -0.4 is 5.46 Å². The summed E-state index contributed by atoms with van der Waals surface area (Å²) in [5, 5.41) is 0. The maximum atomic E-state index is 3.66. The average Bonchev–Trinajstić information content (AvgIpc) is 2.52. The Bertz CT molecular complexity index is 648. The van der Waals surface area contributed by atoms with Crippen molar-refractivity contribution >= 4 is 74.4 Å². The van der Waals surface area contributed by atoms with Crippen molar-refractivity contribution in [2.45, 2.75) is 19.3 Å². The second-order valence-corrected chi connectivity index (χ2v) is 8.76. The smallest absolute Gasteiger partial charge is 0.0752 e. The van der Waals surface area contributed by atoms with Gasteiger partial charge in [0.2, 0.25) is 0 Å². The van der Waals surface area contributed by atoms with Crippen LogP contribution in [0, 0.1) is 7.14 Å². The molecule has 0 fully saturated rings. The minimum atomic E-state index is 0.0961. The van der Waals surface area contributed by atoms with Crippen LogP contribution in [0.25, 0.3) is 11.1 Å². The van der Waals surface area contributed by atoms with E-state index in [2.05, 4.69) is 107 Å². The molecule has 0 unspecified atom stereocenters. The third-order valence-corrected chi connectivity index (χ3v) is 7.45. The van der Waals surface area contributed by atoms with Crippen LogP contribution in [0.1, 0.15) is 25.0 Å². The van der Waals surface area contributed by atoms with Crippen molar-refractivity contribution in [2.75, 3.05) is 0 Å². The summed E-state index contributed by atoms with van der Waals surface area (Å²) < 4.78 is 3.82. The van der Waals surface area contributed by atoms with Gasteiger partial charge >= 0.3 is 0 Å². The molecular formula is C15H12BBrI2. The first-order valence-electron chi connectivity index (χ1n) is 6.13. The molecule has 1 aliphatic carbocycles. The molecule has 19 heavy (non-hydrogen) atoms. The first-order valence-corrected chi connectivity index (χ1v) is 9.08. The molecule has 4 heteroatoms. The van der Waals surface area contributed by atoms with Crippen LogP contribution in [-0.4, -0.2) is 7.85 Å². The van der Waals surface area contributed by atoms with Crippen molar-refractivity contribution in [2.24, 2.45) is 0 Å². The van der Waals surface area contributed by atoms with E-state index in [9.17, 15) is 0 Å². The van der Waals surface area contributed by atoms with Crippen molar-refractivity contribution in [3.63, 3.8) is 0 Å². The summed E-state index contributed by atoms with van der Waals surface area (Å²) in [4.78, 5) is 0. The van der Waals surface area contributed by atoms with Crippen molar-refractivity contribution < 1.29 is 0 Å². The van der Waals surface area contributed by atoms with Gasteiger partial charge in [-0.05, 0) is 102 Å². The molecule has 0 nitrogen and oxygen atoms in total. The zero-order valence-corrected chi connectivity index (χ0v) is 16.8. The van der Waals surface area contributed by atoms with E-state index in [4.69, 9.17) is 0 Å². The van der Waals surface area contributed by atoms with E-state index in [0.717, 1.165) is 0 Å². The van der Waals surface area contributed by atoms with Crippen molar-refractivity contribution in [1.29, 1.82) is 0 Å². The number of hydrogen-bond donors (Lipinski definition) is 0. The molecule has 0 atom stereocenters. The molecule has 0 aliphatic heterocycles. The molecule has 0 heterocycles. The highest BCUT2D eigenvalue weighted by atomic mass is 127. The van der Waals surface area contributed by atoms with Gasteiger partial charge in [-0.1, -0.05) is 25.4 Å². The molecule has 0 spiro atoms. The molecule has 0 amide bonds. The monoisotopic (exact) mass is 536 g/mol. The normalized spacial score (nSPS) is 15.2. The SMILES string of the molecule is Bc1cc2c(cc1I)C(C)(C)c1cc(I)c(Br)cc1-2. The van der Waals surface area contributed by atoms with Gasteiger partial charge < -0.3 is 0 Å². The Hall–Kier alpha value is 0.445. The molecule has 0 radical (unpaired) electrons. The van der Waals surface area contributed by atoms with E-state index < -0.39 is 0 Å². The Morgan fingerprint density at radius 1 is 0.947 bits per heavy atom. The van der Waals surface area contributed by atoms with E-state index >= 15 is 0 Å². The summed E-state index contributed by atoms with van der Waals surface area (Å²) in [6, 6.07) is 9.29. The van der Waals surface area contributed by atoms with Gasteiger partial charge in [0.05, 0.1) is 0 Å². The lowest BCUT2D eigenvalue weighted by atomic mass is 9.81. The van der Waals surface area contributed by atoms with Crippen molar-refractivity contribution in [3.05, 3.63) is 47.0 Å². The van der Waals surface area contributed by atoms with E-state index in [-0.39, 0.29) is 5.41 Å². The molecule has 1 aliphatic rings. The first kappa shape index (κ1) is 14.4. The Balaban J connectivity index is 2.40. The van der Waals surface area contributed by atoms with E-state index in [1.54, 1.807) is 0 Å². The van der Waals surface area contributed by atoms with Gasteiger partial charge in [-0.3, -0.25) is 0 Å². The maximum Gasteiger partial charge on any atom is 0.140 e. The molecule has 0 saturated heterocycles. The molecule has 2 aromatic rings. The van der Waals surface area contributed by atoms with Crippen LogP contribution in [0.15, 0.2) is 28.7 Å². The van der Waals surface area contributed by atoms with E-state index in [1.165, 1.54) is 39.3 Å². The Kier molecular flexibility index (Phi) is 3.58. The predicted molar refractivity (Wildman–Crippen MR) is 105 cm³/mol. The molecule has 0 N–H and O–H groups in total. The number of rotatable bonds is 0. The Morgan fingerprint density at radius 2 is 1.47 bits per heavy atom. The van der Waals surface area contributed by atoms with Crippen LogP contribution in [0.5, 0.6) is 0 Å². The fourth-order valence-electron chi connectivity index (χ4n) is 2.85. The van der Waals surface area contributed by atoms with Crippen LogP contribution in [0.2, 0.25) is 0 Å². The number of hydrogen-bond acceptors (Lipinski definition) is 0. The van der Waals surface area contributed by atoms with Gasteiger partial charge in [-0.15, -0.1) is 0 Å². The third kappa shape index (κ3) is 2.13. The minimum Gasteiger partial charge on any atom is -0.0752 e. The molecular weight excluding hydrogens is 525 g/mol. The lowest BCUT2D eigenvalue weighted by Crippen LogP contribution is -2.17. The maximum absolute atomic E-state index is 3.66. The highest BCUT2D eigenvalue weighted by molar-refractivity contribution is 14.1. The predicted octanol–water partition coefficient (Wildman–Crippen LogP) is 4.22. The third-order valence-electron chi connectivity index (χ3n) is 4.00. The summed E-state index contributed by atoms with van der Waals surface area (Å²) >= 11 is 8.50. The summed E-state index contributed by atoms with van der Waals surface area (Å²) in [5.41, 5.74) is 7.13. The summed E-state index contributed by atoms with van der Waals surface area (Å²) in [6.07, 6.45) is 0. The lowest BCUT2D eigenvalue weighted by molar-refractivity contribution is 0.659. The summed E-state index contributed by atoms with van der Waals surface area (Å²) in [6.45, 7) is 4.65. The molecule has 3 rings (SSSR count). The minimum absolute atomic E-state index is 0.0961. The van der Waals surface area contributed by atoms with Gasteiger partial charge in [-0.2, -0.15) is 0 Å². The quantitative estimate of drug-likeness (QED) is 0.349. The largest absolute Gasteiger partial charge is 0.140 e. The second-order valence-electron chi connectivity index (χ2n) is 5.58. The highest BCUT2D eigenvalue weighted by Gasteiger charge is 2.36. The van der Waals surface area contributed by atoms with Crippen LogP contribution in [-0.2, 0) is 5.41 Å². The standard InChI is InChI=1S/C15H12BBrI2/c1-15(2)9-5-13(18)11(16)3-7(9)8-4-12(17)14(19)6-10(8)15/h3-6H,16H2,1-2H3. The van der Waals surface area contributed by atoms with Gasteiger partial charge in [0.25, 0.3) is 0 Å². The van der Waals surface area contributed by atoms with Crippen LogP contribution >= 0.6 is 61.1 Å². The van der Waals surface area contributed by atoms with Gasteiger partial charge in [0, 0.05) is 17.0 Å². The van der Waals surface area contributed by atoms with Gasteiger partial charge in [-0.25, -0.2) is 0 Å². The van der Waals surface area contributed by atoms with E-state index in [1.807, 2.05) is 0 Å². The number of benzene rings is 2. The van der Waals surface area contributed by atoms with Gasteiger partial charge in [0.15, 0.2) is 0 Å². The Labute approximate surface area is 150 Å². The van der Waals surface area contributed by atoms with Crippen molar-refractivity contribution in [3.8, 4) is 11.1 Å². The topological polar surface area (TPSA) is 0 Å². The van der Waals surface area contributed by atoms with Gasteiger partial charge in [0.1, 0.15) is 7.85 Å². The fraction of sp³-hybridized carbons (Fsp3) is 0.200. The summed E-state index contributed by atoms with van der Waals surface area (Å²) in [5.74, 6) is 0. The molecule has 2 aromatic carbocycles. The molecule has 0 bridgehead atoms. The second kappa shape index (κ2) is 4.73. The molecule has 96 valence electrons. The lowest BCUT2D eigenvalue weighted by Gasteiger charge is -2.22. The van der Waals surface area contributed by atoms with Crippen molar-refractivity contribution in [1.82, 2.24) is 0 Å². The van der Waals surface area contributed by atoms with Crippen LogP contribution in [0.3, 0.4) is 0 Å². The first-order chi connectivity index (χ1) is 8.82. The zero-order chi connectivity index (χ0) is 13.9. The Morgan fingerprint density at radius 3 is 2.11 bits per heavy atom. The average molecular weight is 537 g/mol. The summed E-state index contributed by atoms with van der Waals surface area (Å²) in [7, 11) is 2.19. The molecule has 0 aromatic heterocycles. The molecule has 0 saturated carbocycles. The zero-order valence-electron chi connectivity index (χ0n) is 10.9. The number of fused-ring (bicyclic) bond motifs is 3. The van der Waals surface area contributed by atoms with Crippen LogP contribution in [0.4, 0.5) is 0 Å². The number of halogens is 3. The van der Waals surface area contributed by atoms with E-state index in [0.29, 0.717) is 0 Å². The fourth-order valence-corrected chi connectivity index (χ4v) is 4.13. The highest BCUT2D eigenvalue weighted by Crippen LogP contribution is 2.50.